The Labute approximate surface area is 113 Å². The summed E-state index contributed by atoms with van der Waals surface area (Å²) in [5, 5.41) is 11.1. The highest BCUT2D eigenvalue weighted by atomic mass is 16.4. The Hall–Kier alpha value is -2.64. The van der Waals surface area contributed by atoms with E-state index in [0.717, 1.165) is 0 Å². The standard InChI is InChI=1S/C12H13N3O5/c1-6-8(10(18)13-4-3-7(16)17)9-11(20-6)14-5-15(2)12(9)19/h5H,3-4H2,1-2H3,(H,13,18)(H,16,17). The molecule has 2 N–H and O–H groups in total. The number of carbonyl (C=O) groups is 2. The summed E-state index contributed by atoms with van der Waals surface area (Å²) in [6.07, 6.45) is 1.11. The summed E-state index contributed by atoms with van der Waals surface area (Å²) in [5.41, 5.74) is -0.205. The second-order valence-corrected chi connectivity index (χ2v) is 4.27. The molecule has 2 aromatic heterocycles. The van der Waals surface area contributed by atoms with E-state index in [2.05, 4.69) is 10.3 Å². The van der Waals surface area contributed by atoms with Gasteiger partial charge in [0, 0.05) is 13.6 Å². The van der Waals surface area contributed by atoms with Gasteiger partial charge in [0.15, 0.2) is 0 Å². The molecule has 20 heavy (non-hydrogen) atoms. The van der Waals surface area contributed by atoms with Gasteiger partial charge in [0.05, 0.1) is 12.0 Å². The van der Waals surface area contributed by atoms with Gasteiger partial charge in [-0.15, -0.1) is 0 Å². The predicted molar refractivity (Wildman–Crippen MR) is 68.6 cm³/mol. The van der Waals surface area contributed by atoms with E-state index in [1.54, 1.807) is 6.92 Å². The number of aliphatic carboxylic acids is 1. The van der Waals surface area contributed by atoms with Gasteiger partial charge in [-0.2, -0.15) is 0 Å². The Balaban J connectivity index is 2.41. The molecule has 0 radical (unpaired) electrons. The summed E-state index contributed by atoms with van der Waals surface area (Å²) in [7, 11) is 1.52. The average Bonchev–Trinajstić information content (AvgIpc) is 2.70. The number of hydrogen-bond donors (Lipinski definition) is 2. The number of carboxylic acids is 1. The Morgan fingerprint density at radius 3 is 2.85 bits per heavy atom. The number of fused-ring (bicyclic) bond motifs is 1. The van der Waals surface area contributed by atoms with Crippen LogP contribution in [0.15, 0.2) is 15.5 Å². The summed E-state index contributed by atoms with van der Waals surface area (Å²) in [6.45, 7) is 1.52. The molecule has 0 fully saturated rings. The van der Waals surface area contributed by atoms with Crippen molar-refractivity contribution in [1.29, 1.82) is 0 Å². The molecule has 2 aromatic rings. The van der Waals surface area contributed by atoms with Crippen LogP contribution in [0.4, 0.5) is 0 Å². The van der Waals surface area contributed by atoms with Crippen molar-refractivity contribution in [2.24, 2.45) is 7.05 Å². The number of carbonyl (C=O) groups excluding carboxylic acids is 1. The maximum absolute atomic E-state index is 12.0. The van der Waals surface area contributed by atoms with Crippen molar-refractivity contribution < 1.29 is 19.1 Å². The number of rotatable bonds is 4. The minimum atomic E-state index is -1.02. The maximum Gasteiger partial charge on any atom is 0.305 e. The van der Waals surface area contributed by atoms with Crippen LogP contribution < -0.4 is 10.9 Å². The fourth-order valence-corrected chi connectivity index (χ4v) is 1.83. The number of nitrogens with zero attached hydrogens (tertiary/aromatic N) is 2. The first-order valence-corrected chi connectivity index (χ1v) is 5.86. The van der Waals surface area contributed by atoms with Crippen LogP contribution in [0, 0.1) is 6.92 Å². The first-order chi connectivity index (χ1) is 9.41. The smallest absolute Gasteiger partial charge is 0.305 e. The van der Waals surface area contributed by atoms with Gasteiger partial charge >= 0.3 is 5.97 Å². The Bertz CT molecular complexity index is 743. The number of nitrogens with one attached hydrogen (secondary N) is 1. The number of furan rings is 1. The van der Waals surface area contributed by atoms with Gasteiger partial charge in [-0.05, 0) is 6.92 Å². The molecule has 0 saturated carbocycles. The van der Waals surface area contributed by atoms with Gasteiger partial charge < -0.3 is 19.4 Å². The molecule has 0 aliphatic rings. The fourth-order valence-electron chi connectivity index (χ4n) is 1.83. The molecule has 0 unspecified atom stereocenters. The molecule has 0 saturated heterocycles. The molecule has 1 amide bonds. The molecule has 106 valence electrons. The van der Waals surface area contributed by atoms with Gasteiger partial charge in [0.2, 0.25) is 5.71 Å². The predicted octanol–water partition coefficient (Wildman–Crippen LogP) is 0.0394. The summed E-state index contributed by atoms with van der Waals surface area (Å²) >= 11 is 0. The molecule has 0 aromatic carbocycles. The Kier molecular flexibility index (Phi) is 3.55. The summed E-state index contributed by atoms with van der Waals surface area (Å²) in [5.74, 6) is -1.30. The average molecular weight is 279 g/mol. The first-order valence-electron chi connectivity index (χ1n) is 5.86. The van der Waals surface area contributed by atoms with Crippen LogP contribution in [0.3, 0.4) is 0 Å². The second-order valence-electron chi connectivity index (χ2n) is 4.27. The van der Waals surface area contributed by atoms with E-state index in [-0.39, 0.29) is 35.4 Å². The van der Waals surface area contributed by atoms with Crippen molar-refractivity contribution in [2.75, 3.05) is 6.54 Å². The zero-order chi connectivity index (χ0) is 14.9. The third-order valence-corrected chi connectivity index (χ3v) is 2.80. The van der Waals surface area contributed by atoms with Crippen LogP contribution in [0.2, 0.25) is 0 Å². The quantitative estimate of drug-likeness (QED) is 0.816. The van der Waals surface area contributed by atoms with Gasteiger partial charge in [0.1, 0.15) is 17.5 Å². The Morgan fingerprint density at radius 2 is 2.20 bits per heavy atom. The molecule has 8 nitrogen and oxygen atoms in total. The molecule has 0 bridgehead atoms. The third kappa shape index (κ3) is 2.40. The molecule has 2 rings (SSSR count). The molecular formula is C12H13N3O5. The Morgan fingerprint density at radius 1 is 1.50 bits per heavy atom. The van der Waals surface area contributed by atoms with Crippen LogP contribution in [0.25, 0.3) is 11.1 Å². The minimum absolute atomic E-state index is 0.0269. The highest BCUT2D eigenvalue weighted by Crippen LogP contribution is 2.20. The van der Waals surface area contributed by atoms with Crippen molar-refractivity contribution in [3.63, 3.8) is 0 Å². The zero-order valence-electron chi connectivity index (χ0n) is 11.0. The lowest BCUT2D eigenvalue weighted by atomic mass is 10.2. The summed E-state index contributed by atoms with van der Waals surface area (Å²) in [4.78, 5) is 38.4. The van der Waals surface area contributed by atoms with E-state index in [1.165, 1.54) is 17.9 Å². The van der Waals surface area contributed by atoms with Crippen LogP contribution in [-0.4, -0.2) is 33.1 Å². The topological polar surface area (TPSA) is 114 Å². The van der Waals surface area contributed by atoms with Crippen molar-refractivity contribution in [3.05, 3.63) is 28.0 Å². The molecule has 0 atom stereocenters. The third-order valence-electron chi connectivity index (χ3n) is 2.80. The maximum atomic E-state index is 12.0. The van der Waals surface area contributed by atoms with E-state index in [0.29, 0.717) is 0 Å². The molecular weight excluding hydrogens is 266 g/mol. The fraction of sp³-hybridized carbons (Fsp3) is 0.333. The molecule has 2 heterocycles. The molecule has 8 heteroatoms. The monoisotopic (exact) mass is 279 g/mol. The minimum Gasteiger partial charge on any atom is -0.481 e. The van der Waals surface area contributed by atoms with Crippen molar-refractivity contribution in [3.8, 4) is 0 Å². The highest BCUT2D eigenvalue weighted by molar-refractivity contribution is 6.06. The number of hydrogen-bond acceptors (Lipinski definition) is 5. The van der Waals surface area contributed by atoms with E-state index >= 15 is 0 Å². The second kappa shape index (κ2) is 5.16. The van der Waals surface area contributed by atoms with Gasteiger partial charge in [-0.25, -0.2) is 4.98 Å². The lowest BCUT2D eigenvalue weighted by molar-refractivity contribution is -0.136. The molecule has 0 spiro atoms. The van der Waals surface area contributed by atoms with E-state index in [9.17, 15) is 14.4 Å². The lowest BCUT2D eigenvalue weighted by Gasteiger charge is -2.02. The molecule has 0 aliphatic carbocycles. The van der Waals surface area contributed by atoms with Crippen molar-refractivity contribution >= 4 is 23.0 Å². The van der Waals surface area contributed by atoms with Crippen molar-refractivity contribution in [2.45, 2.75) is 13.3 Å². The number of carboxylic acid groups (broad SMARTS) is 1. The van der Waals surface area contributed by atoms with Gasteiger partial charge in [0.25, 0.3) is 11.5 Å². The van der Waals surface area contributed by atoms with Gasteiger partial charge in [-0.3, -0.25) is 14.4 Å². The van der Waals surface area contributed by atoms with Crippen LogP contribution >= 0.6 is 0 Å². The van der Waals surface area contributed by atoms with E-state index < -0.39 is 17.4 Å². The van der Waals surface area contributed by atoms with Crippen molar-refractivity contribution in [1.82, 2.24) is 14.9 Å². The zero-order valence-corrected chi connectivity index (χ0v) is 11.0. The summed E-state index contributed by atoms with van der Waals surface area (Å²) in [6, 6.07) is 0. The van der Waals surface area contributed by atoms with E-state index in [4.69, 9.17) is 9.52 Å². The molecule has 0 aliphatic heterocycles. The normalized spacial score (nSPS) is 10.7. The van der Waals surface area contributed by atoms with Crippen LogP contribution in [0.1, 0.15) is 22.5 Å². The number of amides is 1. The van der Waals surface area contributed by atoms with Gasteiger partial charge in [-0.1, -0.05) is 0 Å². The first kappa shape index (κ1) is 13.8. The number of aromatic nitrogens is 2. The van der Waals surface area contributed by atoms with Crippen LogP contribution in [0.5, 0.6) is 0 Å². The largest absolute Gasteiger partial charge is 0.481 e. The van der Waals surface area contributed by atoms with E-state index in [1.807, 2.05) is 0 Å². The number of aryl methyl sites for hydroxylation is 2. The lowest BCUT2D eigenvalue weighted by Crippen LogP contribution is -2.28. The summed E-state index contributed by atoms with van der Waals surface area (Å²) < 4.78 is 6.52. The highest BCUT2D eigenvalue weighted by Gasteiger charge is 2.22. The van der Waals surface area contributed by atoms with Crippen LogP contribution in [-0.2, 0) is 11.8 Å². The SMILES string of the molecule is Cc1oc2ncn(C)c(=O)c2c1C(=O)NCCC(=O)O.